The highest BCUT2D eigenvalue weighted by molar-refractivity contribution is 6.04. The van der Waals surface area contributed by atoms with E-state index in [1.807, 2.05) is 29.9 Å². The third kappa shape index (κ3) is 4.77. The van der Waals surface area contributed by atoms with Crippen molar-refractivity contribution in [2.24, 2.45) is 7.05 Å². The van der Waals surface area contributed by atoms with Gasteiger partial charge in [-0.25, -0.2) is 4.79 Å². The molecule has 1 saturated carbocycles. The first-order valence-corrected chi connectivity index (χ1v) is 12.9. The normalized spacial score (nSPS) is 18.4. The maximum atomic E-state index is 13.4. The fourth-order valence-electron chi connectivity index (χ4n) is 5.40. The minimum Gasteiger partial charge on any atom is -0.494 e. The summed E-state index contributed by atoms with van der Waals surface area (Å²) < 4.78 is 15.2. The van der Waals surface area contributed by atoms with Crippen molar-refractivity contribution in [2.45, 2.75) is 44.2 Å². The van der Waals surface area contributed by atoms with E-state index in [2.05, 4.69) is 54.3 Å². The van der Waals surface area contributed by atoms with E-state index in [0.717, 1.165) is 77.5 Å². The second-order valence-corrected chi connectivity index (χ2v) is 10.1. The van der Waals surface area contributed by atoms with Crippen LogP contribution in [0.1, 0.15) is 38.1 Å². The van der Waals surface area contributed by atoms with Crippen molar-refractivity contribution in [3.05, 3.63) is 59.1 Å². The van der Waals surface area contributed by atoms with Gasteiger partial charge in [0, 0.05) is 32.1 Å². The molecule has 2 aromatic heterocycles. The number of aromatic nitrogens is 3. The Labute approximate surface area is 212 Å². The average Bonchev–Trinajstić information content (AvgIpc) is 3.16. The van der Waals surface area contributed by atoms with Crippen LogP contribution >= 0.6 is 0 Å². The molecule has 0 amide bonds. The Hall–Kier alpha value is -3.16. The van der Waals surface area contributed by atoms with Gasteiger partial charge in [-0.2, -0.15) is 0 Å². The number of benzene rings is 2. The molecule has 1 aliphatic carbocycles. The van der Waals surface area contributed by atoms with Gasteiger partial charge in [-0.1, -0.05) is 18.2 Å². The number of nitrogens with zero attached hydrogens (tertiary/aromatic N) is 4. The van der Waals surface area contributed by atoms with Crippen LogP contribution in [0, 0.1) is 0 Å². The van der Waals surface area contributed by atoms with Crippen LogP contribution in [0.15, 0.2) is 53.5 Å². The van der Waals surface area contributed by atoms with Crippen molar-refractivity contribution in [3.63, 3.8) is 0 Å². The van der Waals surface area contributed by atoms with Gasteiger partial charge in [0.05, 0.1) is 35.5 Å². The quantitative estimate of drug-likeness (QED) is 0.326. The molecule has 7 heteroatoms. The highest BCUT2D eigenvalue weighted by atomic mass is 16.5. The van der Waals surface area contributed by atoms with Crippen molar-refractivity contribution in [1.29, 1.82) is 0 Å². The van der Waals surface area contributed by atoms with Crippen molar-refractivity contribution in [3.8, 4) is 16.9 Å². The van der Waals surface area contributed by atoms with Crippen LogP contribution in [0.4, 0.5) is 0 Å². The minimum absolute atomic E-state index is 0.0290. The number of hydrogen-bond donors (Lipinski definition) is 0. The molecule has 1 fully saturated rings. The van der Waals surface area contributed by atoms with E-state index in [4.69, 9.17) is 9.47 Å². The first kappa shape index (κ1) is 24.5. The number of pyridine rings is 1. The van der Waals surface area contributed by atoms with Gasteiger partial charge in [-0.05, 0) is 81.6 Å². The van der Waals surface area contributed by atoms with Gasteiger partial charge >= 0.3 is 5.69 Å². The third-order valence-electron chi connectivity index (χ3n) is 7.46. The summed E-state index contributed by atoms with van der Waals surface area (Å²) in [5.74, 6) is 0.880. The largest absolute Gasteiger partial charge is 0.494 e. The second kappa shape index (κ2) is 10.4. The van der Waals surface area contributed by atoms with Gasteiger partial charge in [-0.15, -0.1) is 0 Å². The maximum Gasteiger partial charge on any atom is 0.329 e. The van der Waals surface area contributed by atoms with Gasteiger partial charge in [0.25, 0.3) is 0 Å². The maximum absolute atomic E-state index is 13.4. The Morgan fingerprint density at radius 2 is 1.75 bits per heavy atom. The molecule has 1 aliphatic rings. The van der Waals surface area contributed by atoms with Gasteiger partial charge in [0.2, 0.25) is 0 Å². The summed E-state index contributed by atoms with van der Waals surface area (Å²) in [5.41, 5.74) is 5.00. The number of hydrogen-bond acceptors (Lipinski definition) is 5. The van der Waals surface area contributed by atoms with E-state index < -0.39 is 0 Å². The molecule has 4 aromatic rings. The van der Waals surface area contributed by atoms with Crippen LogP contribution in [-0.4, -0.2) is 59.5 Å². The van der Waals surface area contributed by atoms with E-state index in [1.54, 1.807) is 11.7 Å². The van der Waals surface area contributed by atoms with E-state index in [9.17, 15) is 4.79 Å². The molecule has 0 bridgehead atoms. The zero-order chi connectivity index (χ0) is 25.2. The predicted octanol–water partition coefficient (Wildman–Crippen LogP) is 5.02. The zero-order valence-electron chi connectivity index (χ0n) is 21.7. The lowest BCUT2D eigenvalue weighted by molar-refractivity contribution is 0.0585. The summed E-state index contributed by atoms with van der Waals surface area (Å²) in [6, 6.07) is 14.8. The summed E-state index contributed by atoms with van der Waals surface area (Å²) in [7, 11) is 7.76. The Bertz CT molecular complexity index is 1400. The number of ether oxygens (including phenoxy) is 2. The highest BCUT2D eigenvalue weighted by Crippen LogP contribution is 2.35. The zero-order valence-corrected chi connectivity index (χ0v) is 21.7. The first-order chi connectivity index (χ1) is 17.5. The Kier molecular flexibility index (Phi) is 7.12. The SMILES string of the molecule is CO[C@H]1CC[C@@H](n2c(=O)n(C)c3cnc4ccc(-c5ccc(OCCCN(C)C)cc5)cc4c32)CC1. The molecule has 2 heterocycles. The summed E-state index contributed by atoms with van der Waals surface area (Å²) >= 11 is 0. The Morgan fingerprint density at radius 3 is 2.44 bits per heavy atom. The molecule has 0 N–H and O–H groups in total. The fourth-order valence-corrected chi connectivity index (χ4v) is 5.40. The molecule has 0 spiro atoms. The Morgan fingerprint density at radius 1 is 1.03 bits per heavy atom. The first-order valence-electron chi connectivity index (χ1n) is 12.9. The topological polar surface area (TPSA) is 61.5 Å². The Balaban J connectivity index is 1.49. The number of aryl methyl sites for hydroxylation is 1. The lowest BCUT2D eigenvalue weighted by Gasteiger charge is -2.28. The monoisotopic (exact) mass is 488 g/mol. The van der Waals surface area contributed by atoms with Crippen LogP contribution in [0.2, 0.25) is 0 Å². The minimum atomic E-state index is 0.0290. The summed E-state index contributed by atoms with van der Waals surface area (Å²) in [5, 5.41) is 1.01. The number of imidazole rings is 1. The van der Waals surface area contributed by atoms with Gasteiger partial charge in [-0.3, -0.25) is 14.1 Å². The third-order valence-corrected chi connectivity index (χ3v) is 7.46. The second-order valence-electron chi connectivity index (χ2n) is 10.1. The van der Waals surface area contributed by atoms with Crippen molar-refractivity contribution < 1.29 is 9.47 Å². The van der Waals surface area contributed by atoms with E-state index in [1.165, 1.54) is 0 Å². The van der Waals surface area contributed by atoms with Gasteiger partial charge in [0.15, 0.2) is 0 Å². The molecule has 0 saturated heterocycles. The van der Waals surface area contributed by atoms with E-state index in [0.29, 0.717) is 6.61 Å². The van der Waals surface area contributed by atoms with Crippen molar-refractivity contribution >= 4 is 21.9 Å². The molecule has 2 aromatic carbocycles. The van der Waals surface area contributed by atoms with Crippen LogP contribution in [0.3, 0.4) is 0 Å². The van der Waals surface area contributed by atoms with E-state index in [-0.39, 0.29) is 17.8 Å². The molecule has 0 atom stereocenters. The molecular formula is C29H36N4O3. The van der Waals surface area contributed by atoms with Gasteiger partial charge < -0.3 is 14.4 Å². The fraction of sp³-hybridized carbons (Fsp3) is 0.448. The smallest absolute Gasteiger partial charge is 0.329 e. The molecule has 0 radical (unpaired) electrons. The summed E-state index contributed by atoms with van der Waals surface area (Å²) in [4.78, 5) is 20.2. The van der Waals surface area contributed by atoms with Crippen molar-refractivity contribution in [1.82, 2.24) is 19.0 Å². The van der Waals surface area contributed by atoms with Gasteiger partial charge in [0.1, 0.15) is 5.75 Å². The lowest BCUT2D eigenvalue weighted by Crippen LogP contribution is -2.30. The van der Waals surface area contributed by atoms with Crippen LogP contribution in [0.25, 0.3) is 33.1 Å². The number of methoxy groups -OCH3 is 1. The highest BCUT2D eigenvalue weighted by Gasteiger charge is 2.26. The van der Waals surface area contributed by atoms with Crippen molar-refractivity contribution in [2.75, 3.05) is 34.4 Å². The van der Waals surface area contributed by atoms with Crippen LogP contribution in [0.5, 0.6) is 5.75 Å². The molecule has 0 unspecified atom stereocenters. The van der Waals surface area contributed by atoms with E-state index >= 15 is 0 Å². The molecule has 5 rings (SSSR count). The molecule has 0 aliphatic heterocycles. The average molecular weight is 489 g/mol. The summed E-state index contributed by atoms with van der Waals surface area (Å²) in [6.45, 7) is 1.71. The number of fused-ring (bicyclic) bond motifs is 3. The molecule has 7 nitrogen and oxygen atoms in total. The molecule has 190 valence electrons. The number of rotatable bonds is 8. The molecule has 36 heavy (non-hydrogen) atoms. The standard InChI is InChI=1S/C29H36N4O3/c1-31(2)16-5-17-36-24-11-6-20(7-12-24)21-8-15-26-25(18-21)28-27(19-30-26)32(3)29(34)33(28)22-9-13-23(35-4)14-10-22/h6-8,11-12,15,18-19,22-23H,5,9-10,13-14,16-17H2,1-4H3/t22-,23+. The van der Waals surface area contributed by atoms with Crippen LogP contribution in [-0.2, 0) is 11.8 Å². The molecular weight excluding hydrogens is 452 g/mol. The predicted molar refractivity (Wildman–Crippen MR) is 145 cm³/mol. The lowest BCUT2D eigenvalue weighted by atomic mass is 9.92. The summed E-state index contributed by atoms with van der Waals surface area (Å²) in [6.07, 6.45) is 6.95. The van der Waals surface area contributed by atoms with Crippen LogP contribution < -0.4 is 10.4 Å².